The number of halogens is 3. The maximum absolute atomic E-state index is 13.7. The molecule has 0 atom stereocenters. The molecule has 108 valence electrons. The molecule has 0 bridgehead atoms. The highest BCUT2D eigenvalue weighted by molar-refractivity contribution is 5.92. The second-order valence-electron chi connectivity index (χ2n) is 4.33. The van der Waals surface area contributed by atoms with Crippen molar-refractivity contribution in [2.75, 3.05) is 19.0 Å². The number of anilines is 1. The van der Waals surface area contributed by atoms with E-state index in [4.69, 9.17) is 4.74 Å². The van der Waals surface area contributed by atoms with Gasteiger partial charge in [0.1, 0.15) is 5.69 Å². The first-order valence-corrected chi connectivity index (χ1v) is 6.27. The van der Waals surface area contributed by atoms with E-state index in [2.05, 4.69) is 10.3 Å². The monoisotopic (exact) mass is 284 g/mol. The van der Waals surface area contributed by atoms with Gasteiger partial charge in [0.25, 0.3) is 6.43 Å². The fourth-order valence-electron chi connectivity index (χ4n) is 1.92. The van der Waals surface area contributed by atoms with Gasteiger partial charge in [-0.05, 0) is 18.6 Å². The summed E-state index contributed by atoms with van der Waals surface area (Å²) in [6.07, 6.45) is -1.86. The first-order valence-electron chi connectivity index (χ1n) is 6.27. The number of aromatic nitrogens is 1. The number of ether oxygens (including phenoxy) is 1. The van der Waals surface area contributed by atoms with Crippen LogP contribution in [-0.2, 0) is 0 Å². The van der Waals surface area contributed by atoms with Crippen LogP contribution in [0.25, 0.3) is 10.9 Å². The maximum atomic E-state index is 13.7. The number of hydrogen-bond acceptors (Lipinski definition) is 3. The molecule has 1 aromatic heterocycles. The lowest BCUT2D eigenvalue weighted by atomic mass is 10.1. The molecule has 0 aliphatic rings. The topological polar surface area (TPSA) is 34.2 Å². The van der Waals surface area contributed by atoms with Crippen LogP contribution in [0.4, 0.5) is 18.9 Å². The molecule has 0 unspecified atom stereocenters. The van der Waals surface area contributed by atoms with Crippen LogP contribution in [0.15, 0.2) is 18.2 Å². The summed E-state index contributed by atoms with van der Waals surface area (Å²) in [5.41, 5.74) is 0.311. The number of nitrogens with one attached hydrogen (secondary N) is 1. The first-order chi connectivity index (χ1) is 9.56. The lowest BCUT2D eigenvalue weighted by molar-refractivity contribution is 0.146. The summed E-state index contributed by atoms with van der Waals surface area (Å²) >= 11 is 0. The van der Waals surface area contributed by atoms with Crippen LogP contribution >= 0.6 is 0 Å². The molecule has 0 saturated carbocycles. The molecule has 2 rings (SSSR count). The van der Waals surface area contributed by atoms with Crippen LogP contribution in [0.5, 0.6) is 5.75 Å². The minimum atomic E-state index is -2.70. The van der Waals surface area contributed by atoms with Gasteiger partial charge in [-0.25, -0.2) is 18.2 Å². The molecule has 0 spiro atoms. The molecular weight excluding hydrogens is 269 g/mol. The molecule has 3 nitrogen and oxygen atoms in total. The molecule has 20 heavy (non-hydrogen) atoms. The largest absolute Gasteiger partial charge is 0.494 e. The van der Waals surface area contributed by atoms with E-state index in [9.17, 15) is 13.2 Å². The Morgan fingerprint density at radius 1 is 1.30 bits per heavy atom. The number of benzene rings is 1. The summed E-state index contributed by atoms with van der Waals surface area (Å²) in [5, 5.41) is 3.61. The smallest absolute Gasteiger partial charge is 0.280 e. The SMILES string of the molecule is CCCNc1cc(C(F)F)nc2cc(F)c(OC)cc12. The average molecular weight is 284 g/mol. The fourth-order valence-corrected chi connectivity index (χ4v) is 1.92. The summed E-state index contributed by atoms with van der Waals surface area (Å²) in [4.78, 5) is 3.79. The van der Waals surface area contributed by atoms with Gasteiger partial charge in [-0.2, -0.15) is 0 Å². The number of hydrogen-bond donors (Lipinski definition) is 1. The van der Waals surface area contributed by atoms with Crippen molar-refractivity contribution in [3.63, 3.8) is 0 Å². The van der Waals surface area contributed by atoms with Gasteiger partial charge in [-0.3, -0.25) is 0 Å². The minimum absolute atomic E-state index is 0.0589. The van der Waals surface area contributed by atoms with Gasteiger partial charge in [-0.1, -0.05) is 6.92 Å². The molecule has 0 fully saturated rings. The molecule has 6 heteroatoms. The van der Waals surface area contributed by atoms with Crippen molar-refractivity contribution < 1.29 is 17.9 Å². The van der Waals surface area contributed by atoms with Crippen LogP contribution in [0.3, 0.4) is 0 Å². The van der Waals surface area contributed by atoms with Crippen molar-refractivity contribution in [3.8, 4) is 5.75 Å². The van der Waals surface area contributed by atoms with E-state index in [-0.39, 0.29) is 17.0 Å². The molecule has 0 radical (unpaired) electrons. The van der Waals surface area contributed by atoms with Crippen molar-refractivity contribution >= 4 is 16.6 Å². The zero-order valence-electron chi connectivity index (χ0n) is 11.2. The highest BCUT2D eigenvalue weighted by Crippen LogP contribution is 2.32. The molecule has 0 saturated heterocycles. The second kappa shape index (κ2) is 5.98. The second-order valence-corrected chi connectivity index (χ2v) is 4.33. The van der Waals surface area contributed by atoms with E-state index in [1.807, 2.05) is 6.92 Å². The Bertz CT molecular complexity index is 617. The van der Waals surface area contributed by atoms with E-state index in [0.29, 0.717) is 17.6 Å². The van der Waals surface area contributed by atoms with Crippen molar-refractivity contribution in [2.24, 2.45) is 0 Å². The molecule has 0 aliphatic heterocycles. The highest BCUT2D eigenvalue weighted by Gasteiger charge is 2.15. The van der Waals surface area contributed by atoms with Gasteiger partial charge in [0.2, 0.25) is 0 Å². The number of rotatable bonds is 5. The first kappa shape index (κ1) is 14.4. The molecule has 1 aromatic carbocycles. The van der Waals surface area contributed by atoms with Gasteiger partial charge in [0, 0.05) is 23.7 Å². The Hall–Kier alpha value is -1.98. The summed E-state index contributed by atoms with van der Waals surface area (Å²) in [5.74, 6) is -0.566. The average Bonchev–Trinajstić information content (AvgIpc) is 2.43. The summed E-state index contributed by atoms with van der Waals surface area (Å²) < 4.78 is 44.2. The van der Waals surface area contributed by atoms with E-state index in [1.54, 1.807) is 0 Å². The molecule has 1 heterocycles. The third-order valence-electron chi connectivity index (χ3n) is 2.89. The zero-order valence-corrected chi connectivity index (χ0v) is 11.2. The third-order valence-corrected chi connectivity index (χ3v) is 2.89. The van der Waals surface area contributed by atoms with Crippen LogP contribution in [0.2, 0.25) is 0 Å². The molecule has 2 aromatic rings. The van der Waals surface area contributed by atoms with Gasteiger partial charge < -0.3 is 10.1 Å². The van der Waals surface area contributed by atoms with E-state index in [1.165, 1.54) is 19.2 Å². The zero-order chi connectivity index (χ0) is 14.7. The Balaban J connectivity index is 2.64. The summed E-state index contributed by atoms with van der Waals surface area (Å²) in [6, 6.07) is 3.86. The standard InChI is InChI=1S/C14H15F3N2O/c1-3-4-18-10-7-12(14(16)17)19-11-6-9(15)13(20-2)5-8(10)11/h5-7,14H,3-4H2,1-2H3,(H,18,19). The molecular formula is C14H15F3N2O. The van der Waals surface area contributed by atoms with Gasteiger partial charge in [0.05, 0.1) is 12.6 Å². The van der Waals surface area contributed by atoms with Gasteiger partial charge >= 0.3 is 0 Å². The van der Waals surface area contributed by atoms with Crippen LogP contribution in [0, 0.1) is 5.82 Å². The Kier molecular flexibility index (Phi) is 4.32. The van der Waals surface area contributed by atoms with Crippen molar-refractivity contribution in [1.29, 1.82) is 0 Å². The Morgan fingerprint density at radius 3 is 2.65 bits per heavy atom. The number of fused-ring (bicyclic) bond motifs is 1. The number of nitrogens with zero attached hydrogens (tertiary/aromatic N) is 1. The van der Waals surface area contributed by atoms with Crippen molar-refractivity contribution in [3.05, 3.63) is 29.7 Å². The van der Waals surface area contributed by atoms with Gasteiger partial charge in [0.15, 0.2) is 11.6 Å². The predicted octanol–water partition coefficient (Wildman–Crippen LogP) is 4.14. The summed E-state index contributed by atoms with van der Waals surface area (Å²) in [6.45, 7) is 2.59. The Morgan fingerprint density at radius 2 is 2.05 bits per heavy atom. The molecule has 1 N–H and O–H groups in total. The van der Waals surface area contributed by atoms with Gasteiger partial charge in [-0.15, -0.1) is 0 Å². The predicted molar refractivity (Wildman–Crippen MR) is 72.0 cm³/mol. The van der Waals surface area contributed by atoms with E-state index in [0.717, 1.165) is 12.5 Å². The summed E-state index contributed by atoms with van der Waals surface area (Å²) in [7, 11) is 1.35. The van der Waals surface area contributed by atoms with Crippen molar-refractivity contribution in [2.45, 2.75) is 19.8 Å². The van der Waals surface area contributed by atoms with Crippen molar-refractivity contribution in [1.82, 2.24) is 4.98 Å². The Labute approximate surface area is 114 Å². The normalized spacial score (nSPS) is 11.1. The molecule has 0 aliphatic carbocycles. The van der Waals surface area contributed by atoms with Crippen LogP contribution in [0.1, 0.15) is 25.5 Å². The highest BCUT2D eigenvalue weighted by atomic mass is 19.3. The maximum Gasteiger partial charge on any atom is 0.280 e. The van der Waals surface area contributed by atoms with Crippen LogP contribution < -0.4 is 10.1 Å². The number of alkyl halides is 2. The number of pyridine rings is 1. The fraction of sp³-hybridized carbons (Fsp3) is 0.357. The number of methoxy groups -OCH3 is 1. The third kappa shape index (κ3) is 2.79. The lowest BCUT2D eigenvalue weighted by Gasteiger charge is -2.12. The molecule has 0 amide bonds. The van der Waals surface area contributed by atoms with E-state index >= 15 is 0 Å². The van der Waals surface area contributed by atoms with E-state index < -0.39 is 12.2 Å². The minimum Gasteiger partial charge on any atom is -0.494 e. The van der Waals surface area contributed by atoms with Crippen LogP contribution in [-0.4, -0.2) is 18.6 Å². The quantitative estimate of drug-likeness (QED) is 0.896. The lowest BCUT2D eigenvalue weighted by Crippen LogP contribution is -2.03.